The van der Waals surface area contributed by atoms with Gasteiger partial charge in [0.1, 0.15) is 5.82 Å². The van der Waals surface area contributed by atoms with Crippen molar-refractivity contribution in [1.82, 2.24) is 20.1 Å². The summed E-state index contributed by atoms with van der Waals surface area (Å²) in [6.45, 7) is 8.96. The molecule has 3 heterocycles. The molecule has 1 unspecified atom stereocenters. The molecule has 200 valence electrons. The van der Waals surface area contributed by atoms with Crippen LogP contribution in [0.15, 0.2) is 66.9 Å². The molecule has 2 fully saturated rings. The Morgan fingerprint density at radius 3 is 2.32 bits per heavy atom. The van der Waals surface area contributed by atoms with Crippen molar-refractivity contribution in [2.75, 3.05) is 44.2 Å². The first-order valence-electron chi connectivity index (χ1n) is 13.4. The predicted molar refractivity (Wildman–Crippen MR) is 155 cm³/mol. The fourth-order valence-electron chi connectivity index (χ4n) is 5.48. The minimum Gasteiger partial charge on any atom is -0.353 e. The van der Waals surface area contributed by atoms with E-state index in [1.807, 2.05) is 49.4 Å². The van der Waals surface area contributed by atoms with E-state index >= 15 is 0 Å². The molecule has 2 aliphatic heterocycles. The van der Waals surface area contributed by atoms with Gasteiger partial charge in [-0.1, -0.05) is 65.7 Å². The van der Waals surface area contributed by atoms with E-state index in [2.05, 4.69) is 37.1 Å². The highest BCUT2D eigenvalue weighted by atomic mass is 35.5. The number of aromatic nitrogens is 1. The summed E-state index contributed by atoms with van der Waals surface area (Å²) in [6, 6.07) is 20.4. The van der Waals surface area contributed by atoms with E-state index < -0.39 is 0 Å². The highest BCUT2D eigenvalue weighted by Gasteiger charge is 2.28. The van der Waals surface area contributed by atoms with Crippen LogP contribution in [0.4, 0.5) is 5.82 Å². The monoisotopic (exact) mass is 551 g/mol. The molecule has 0 bridgehead atoms. The SMILES string of the molecule is CC(NC(=O)c1cnc(N2CCN(C3CCN(Cc4ccc(Cl)cc4)CC3)CC2)c(Cl)c1)c1ccccc1. The number of amides is 1. The van der Waals surface area contributed by atoms with E-state index in [4.69, 9.17) is 23.2 Å². The van der Waals surface area contributed by atoms with Gasteiger partial charge in [0, 0.05) is 50.0 Å². The predicted octanol–water partition coefficient (Wildman–Crippen LogP) is 5.67. The molecule has 0 aliphatic carbocycles. The van der Waals surface area contributed by atoms with Gasteiger partial charge in [-0.15, -0.1) is 0 Å². The number of nitrogens with zero attached hydrogens (tertiary/aromatic N) is 4. The number of halogens is 2. The molecule has 2 saturated heterocycles. The summed E-state index contributed by atoms with van der Waals surface area (Å²) in [5.41, 5.74) is 2.85. The third-order valence-electron chi connectivity index (χ3n) is 7.74. The number of anilines is 1. The first-order chi connectivity index (χ1) is 18.5. The van der Waals surface area contributed by atoms with Crippen LogP contribution in [0.2, 0.25) is 10.0 Å². The average Bonchev–Trinajstić information content (AvgIpc) is 2.95. The topological polar surface area (TPSA) is 51.7 Å². The number of likely N-dealkylation sites (tertiary alicyclic amines) is 1. The number of pyridine rings is 1. The number of hydrogen-bond donors (Lipinski definition) is 1. The Balaban J connectivity index is 1.10. The summed E-state index contributed by atoms with van der Waals surface area (Å²) in [5.74, 6) is 0.589. The molecular weight excluding hydrogens is 517 g/mol. The third kappa shape index (κ3) is 6.67. The number of carbonyl (C=O) groups excluding carboxylic acids is 1. The van der Waals surface area contributed by atoms with Crippen molar-refractivity contribution in [3.05, 3.63) is 93.6 Å². The first kappa shape index (κ1) is 26.9. The van der Waals surface area contributed by atoms with Gasteiger partial charge in [0.15, 0.2) is 0 Å². The second-order valence-electron chi connectivity index (χ2n) is 10.3. The molecule has 1 N–H and O–H groups in total. The van der Waals surface area contributed by atoms with Crippen LogP contribution >= 0.6 is 23.2 Å². The zero-order valence-corrected chi connectivity index (χ0v) is 23.3. The second kappa shape index (κ2) is 12.5. The minimum absolute atomic E-state index is 0.0977. The van der Waals surface area contributed by atoms with Crippen molar-refractivity contribution < 1.29 is 4.79 Å². The number of benzene rings is 2. The molecule has 2 aromatic carbocycles. The molecule has 38 heavy (non-hydrogen) atoms. The second-order valence-corrected chi connectivity index (χ2v) is 11.1. The quantitative estimate of drug-likeness (QED) is 0.410. The molecule has 8 heteroatoms. The maximum absolute atomic E-state index is 12.8. The van der Waals surface area contributed by atoms with E-state index in [0.29, 0.717) is 16.6 Å². The number of piperazine rings is 1. The lowest BCUT2D eigenvalue weighted by molar-refractivity contribution is 0.0939. The molecule has 1 amide bonds. The maximum Gasteiger partial charge on any atom is 0.253 e. The molecule has 6 nitrogen and oxygen atoms in total. The van der Waals surface area contributed by atoms with Gasteiger partial charge in [-0.2, -0.15) is 0 Å². The van der Waals surface area contributed by atoms with Crippen molar-refractivity contribution >= 4 is 34.9 Å². The summed E-state index contributed by atoms with van der Waals surface area (Å²) in [6.07, 6.45) is 4.02. The van der Waals surface area contributed by atoms with Crippen LogP contribution < -0.4 is 10.2 Å². The van der Waals surface area contributed by atoms with Gasteiger partial charge in [0.2, 0.25) is 0 Å². The Labute approximate surface area is 235 Å². The normalized spacial score (nSPS) is 18.3. The summed E-state index contributed by atoms with van der Waals surface area (Å²) in [4.78, 5) is 24.8. The number of rotatable bonds is 7. The molecule has 0 saturated carbocycles. The zero-order valence-electron chi connectivity index (χ0n) is 21.8. The Kier molecular flexibility index (Phi) is 8.85. The maximum atomic E-state index is 12.8. The van der Waals surface area contributed by atoms with Crippen LogP contribution in [0, 0.1) is 0 Å². The summed E-state index contributed by atoms with van der Waals surface area (Å²) >= 11 is 12.6. The largest absolute Gasteiger partial charge is 0.353 e. The lowest BCUT2D eigenvalue weighted by Crippen LogP contribution is -2.53. The van der Waals surface area contributed by atoms with Gasteiger partial charge in [0.05, 0.1) is 16.6 Å². The number of nitrogens with one attached hydrogen (secondary N) is 1. The van der Waals surface area contributed by atoms with E-state index in [9.17, 15) is 4.79 Å². The van der Waals surface area contributed by atoms with Crippen molar-refractivity contribution in [3.8, 4) is 0 Å². The van der Waals surface area contributed by atoms with E-state index in [0.717, 1.165) is 62.2 Å². The van der Waals surface area contributed by atoms with Crippen molar-refractivity contribution in [2.24, 2.45) is 0 Å². The highest BCUT2D eigenvalue weighted by Crippen LogP contribution is 2.27. The highest BCUT2D eigenvalue weighted by molar-refractivity contribution is 6.33. The zero-order chi connectivity index (χ0) is 26.5. The first-order valence-corrected chi connectivity index (χ1v) is 14.2. The molecule has 0 spiro atoms. The van der Waals surface area contributed by atoms with E-state index in [-0.39, 0.29) is 11.9 Å². The Morgan fingerprint density at radius 1 is 0.974 bits per heavy atom. The van der Waals surface area contributed by atoms with Crippen LogP contribution in [0.3, 0.4) is 0 Å². The lowest BCUT2D eigenvalue weighted by atomic mass is 10.0. The van der Waals surface area contributed by atoms with Gasteiger partial charge in [0.25, 0.3) is 5.91 Å². The van der Waals surface area contributed by atoms with Crippen LogP contribution in [0.5, 0.6) is 0 Å². The van der Waals surface area contributed by atoms with Crippen LogP contribution in [-0.2, 0) is 6.54 Å². The van der Waals surface area contributed by atoms with Gasteiger partial charge in [-0.05, 0) is 62.2 Å². The summed E-state index contributed by atoms with van der Waals surface area (Å²) in [5, 5.41) is 4.34. The fraction of sp³-hybridized carbons (Fsp3) is 0.400. The van der Waals surface area contributed by atoms with Crippen LogP contribution in [-0.4, -0.2) is 66.0 Å². The number of hydrogen-bond acceptors (Lipinski definition) is 5. The van der Waals surface area contributed by atoms with Gasteiger partial charge in [-0.25, -0.2) is 4.98 Å². The third-order valence-corrected chi connectivity index (χ3v) is 8.27. The fourth-order valence-corrected chi connectivity index (χ4v) is 5.89. The Morgan fingerprint density at radius 2 is 1.66 bits per heavy atom. The van der Waals surface area contributed by atoms with Crippen molar-refractivity contribution in [2.45, 2.75) is 38.4 Å². The van der Waals surface area contributed by atoms with Crippen molar-refractivity contribution in [1.29, 1.82) is 0 Å². The minimum atomic E-state index is -0.172. The van der Waals surface area contributed by atoms with Crippen molar-refractivity contribution in [3.63, 3.8) is 0 Å². The number of piperidine rings is 1. The molecular formula is C30H35Cl2N5O. The lowest BCUT2D eigenvalue weighted by Gasteiger charge is -2.43. The Bertz CT molecular complexity index is 1210. The van der Waals surface area contributed by atoms with Gasteiger partial charge < -0.3 is 10.2 Å². The average molecular weight is 553 g/mol. The molecule has 1 atom stereocenters. The molecule has 5 rings (SSSR count). The smallest absolute Gasteiger partial charge is 0.253 e. The Hall–Kier alpha value is -2.64. The molecule has 2 aliphatic rings. The van der Waals surface area contributed by atoms with Gasteiger partial charge >= 0.3 is 0 Å². The van der Waals surface area contributed by atoms with Gasteiger partial charge in [-0.3, -0.25) is 14.6 Å². The van der Waals surface area contributed by atoms with E-state index in [1.165, 1.54) is 18.4 Å². The standard InChI is InChI=1S/C30H35Cl2N5O/c1-22(24-5-3-2-4-6-24)34-30(38)25-19-28(32)29(33-20-25)37-17-15-36(16-18-37)27-11-13-35(14-12-27)21-23-7-9-26(31)10-8-23/h2-10,19-20,22,27H,11-18,21H2,1H3,(H,34,38). The summed E-state index contributed by atoms with van der Waals surface area (Å²) < 4.78 is 0. The van der Waals surface area contributed by atoms with E-state index in [1.54, 1.807) is 12.3 Å². The molecule has 3 aromatic rings. The van der Waals surface area contributed by atoms with Crippen LogP contribution in [0.25, 0.3) is 0 Å². The van der Waals surface area contributed by atoms with Crippen LogP contribution in [0.1, 0.15) is 47.3 Å². The summed E-state index contributed by atoms with van der Waals surface area (Å²) in [7, 11) is 0. The number of carbonyl (C=O) groups is 1. The molecule has 0 radical (unpaired) electrons. The molecule has 1 aromatic heterocycles.